The lowest BCUT2D eigenvalue weighted by molar-refractivity contribution is -0.121. The van der Waals surface area contributed by atoms with E-state index < -0.39 is 0 Å². The molecular formula is C14H18ClN3O. The van der Waals surface area contributed by atoms with E-state index in [9.17, 15) is 4.79 Å². The van der Waals surface area contributed by atoms with Crippen molar-refractivity contribution < 1.29 is 4.79 Å². The van der Waals surface area contributed by atoms with Crippen molar-refractivity contribution >= 4 is 28.4 Å². The highest BCUT2D eigenvalue weighted by molar-refractivity contribution is 6.31. The smallest absolute Gasteiger partial charge is 0.233 e. The number of carbonyl (C=O) groups is 1. The first-order valence-electron chi connectivity index (χ1n) is 6.44. The van der Waals surface area contributed by atoms with Crippen LogP contribution in [0.4, 0.5) is 0 Å². The van der Waals surface area contributed by atoms with E-state index in [-0.39, 0.29) is 5.91 Å². The van der Waals surface area contributed by atoms with E-state index in [0.29, 0.717) is 6.42 Å². The number of fused-ring (bicyclic) bond motifs is 1. The number of rotatable bonds is 6. The Kier molecular flexibility index (Phi) is 4.82. The first-order valence-corrected chi connectivity index (χ1v) is 6.82. The average molecular weight is 280 g/mol. The highest BCUT2D eigenvalue weighted by atomic mass is 35.5. The summed E-state index contributed by atoms with van der Waals surface area (Å²) in [5.74, 6) is 4.93. The number of benzene rings is 1. The predicted molar refractivity (Wildman–Crippen MR) is 77.7 cm³/mol. The third-order valence-electron chi connectivity index (χ3n) is 3.20. The minimum atomic E-state index is -0.0989. The zero-order valence-corrected chi connectivity index (χ0v) is 11.5. The Balaban J connectivity index is 1.85. The van der Waals surface area contributed by atoms with Gasteiger partial charge >= 0.3 is 0 Å². The second-order valence-electron chi connectivity index (χ2n) is 4.59. The number of nitrogens with one attached hydrogen (secondary N) is 1. The van der Waals surface area contributed by atoms with Crippen LogP contribution in [-0.2, 0) is 11.3 Å². The van der Waals surface area contributed by atoms with Crippen molar-refractivity contribution in [3.8, 4) is 0 Å². The van der Waals surface area contributed by atoms with Gasteiger partial charge in [-0.25, -0.2) is 5.84 Å². The largest absolute Gasteiger partial charge is 0.347 e. The number of nitrogens with zero attached hydrogens (tertiary/aromatic N) is 1. The van der Waals surface area contributed by atoms with Crippen molar-refractivity contribution in [1.29, 1.82) is 0 Å². The number of hydrazine groups is 1. The molecule has 0 saturated heterocycles. The van der Waals surface area contributed by atoms with Gasteiger partial charge in [0.2, 0.25) is 5.91 Å². The summed E-state index contributed by atoms with van der Waals surface area (Å²) in [6, 6.07) is 8.01. The summed E-state index contributed by atoms with van der Waals surface area (Å²) in [6.07, 6.45) is 5.48. The molecule has 0 radical (unpaired) electrons. The van der Waals surface area contributed by atoms with Crippen LogP contribution in [0.2, 0.25) is 5.02 Å². The molecule has 1 aromatic heterocycles. The van der Waals surface area contributed by atoms with Gasteiger partial charge in [0, 0.05) is 29.7 Å². The Bertz CT molecular complexity index is 565. The fourth-order valence-electron chi connectivity index (χ4n) is 2.17. The topological polar surface area (TPSA) is 60.0 Å². The zero-order valence-electron chi connectivity index (χ0n) is 10.7. The van der Waals surface area contributed by atoms with Crippen LogP contribution in [0.15, 0.2) is 30.5 Å². The van der Waals surface area contributed by atoms with Gasteiger partial charge < -0.3 is 4.57 Å². The number of unbranched alkanes of at least 4 members (excludes halogenated alkanes) is 2. The Labute approximate surface area is 117 Å². The average Bonchev–Trinajstić information content (AvgIpc) is 2.80. The van der Waals surface area contributed by atoms with Crippen molar-refractivity contribution in [2.75, 3.05) is 0 Å². The number of hydrogen-bond acceptors (Lipinski definition) is 2. The van der Waals surface area contributed by atoms with Gasteiger partial charge in [0.15, 0.2) is 0 Å². The van der Waals surface area contributed by atoms with Crippen LogP contribution < -0.4 is 11.3 Å². The van der Waals surface area contributed by atoms with Crippen molar-refractivity contribution in [3.05, 3.63) is 35.5 Å². The molecule has 19 heavy (non-hydrogen) atoms. The maximum atomic E-state index is 11.0. The van der Waals surface area contributed by atoms with Crippen molar-refractivity contribution in [1.82, 2.24) is 9.99 Å². The molecule has 0 spiro atoms. The molecule has 1 amide bonds. The number of hydrogen-bond donors (Lipinski definition) is 2. The molecule has 2 rings (SSSR count). The molecule has 0 saturated carbocycles. The van der Waals surface area contributed by atoms with Crippen molar-refractivity contribution in [3.63, 3.8) is 0 Å². The van der Waals surface area contributed by atoms with Gasteiger partial charge in [-0.1, -0.05) is 24.1 Å². The number of halogens is 1. The monoisotopic (exact) mass is 279 g/mol. The third-order valence-corrected chi connectivity index (χ3v) is 3.43. The lowest BCUT2D eigenvalue weighted by Crippen LogP contribution is -2.29. The highest BCUT2D eigenvalue weighted by Crippen LogP contribution is 2.21. The number of carbonyl (C=O) groups excluding carboxylic acids is 1. The Morgan fingerprint density at radius 2 is 2.11 bits per heavy atom. The quantitative estimate of drug-likeness (QED) is 0.370. The Hall–Kier alpha value is -1.52. The molecule has 0 bridgehead atoms. The third kappa shape index (κ3) is 3.72. The van der Waals surface area contributed by atoms with Gasteiger partial charge in [-0.2, -0.15) is 0 Å². The normalized spacial score (nSPS) is 10.8. The molecule has 0 aliphatic rings. The first-order chi connectivity index (χ1) is 9.20. The summed E-state index contributed by atoms with van der Waals surface area (Å²) in [4.78, 5) is 11.0. The maximum absolute atomic E-state index is 11.0. The fraction of sp³-hybridized carbons (Fsp3) is 0.357. The van der Waals surface area contributed by atoms with Gasteiger partial charge in [0.25, 0.3) is 0 Å². The summed E-state index contributed by atoms with van der Waals surface area (Å²) in [7, 11) is 0. The molecule has 0 aliphatic carbocycles. The SMILES string of the molecule is NNC(=O)CCCCCn1ccc2ccc(Cl)cc21. The van der Waals surface area contributed by atoms with Crippen LogP contribution >= 0.6 is 11.6 Å². The molecule has 0 fully saturated rings. The molecule has 2 aromatic rings. The predicted octanol–water partition coefficient (Wildman–Crippen LogP) is 2.85. The molecule has 0 aliphatic heterocycles. The molecule has 5 heteroatoms. The van der Waals surface area contributed by atoms with Crippen molar-refractivity contribution in [2.45, 2.75) is 32.2 Å². The van der Waals surface area contributed by atoms with Gasteiger partial charge in [-0.3, -0.25) is 10.2 Å². The standard InChI is InChI=1S/C14H18ClN3O/c15-12-6-5-11-7-9-18(13(11)10-12)8-3-1-2-4-14(19)17-16/h5-7,9-10H,1-4,8,16H2,(H,17,19). The highest BCUT2D eigenvalue weighted by Gasteiger charge is 2.02. The van der Waals surface area contributed by atoms with Gasteiger partial charge in [-0.15, -0.1) is 0 Å². The summed E-state index contributed by atoms with van der Waals surface area (Å²) < 4.78 is 2.20. The van der Waals surface area contributed by atoms with E-state index in [2.05, 4.69) is 22.3 Å². The summed E-state index contributed by atoms with van der Waals surface area (Å²) >= 11 is 6.01. The lowest BCUT2D eigenvalue weighted by Gasteiger charge is -2.05. The summed E-state index contributed by atoms with van der Waals surface area (Å²) in [5, 5.41) is 1.96. The number of amides is 1. The van der Waals surface area contributed by atoms with Crippen LogP contribution in [0.3, 0.4) is 0 Å². The van der Waals surface area contributed by atoms with Crippen LogP contribution in [0.1, 0.15) is 25.7 Å². The van der Waals surface area contributed by atoms with Crippen LogP contribution in [-0.4, -0.2) is 10.5 Å². The van der Waals surface area contributed by atoms with Gasteiger partial charge in [0.1, 0.15) is 0 Å². The van der Waals surface area contributed by atoms with E-state index in [1.165, 1.54) is 5.39 Å². The minimum absolute atomic E-state index is 0.0989. The molecule has 3 N–H and O–H groups in total. The first kappa shape index (κ1) is 13.9. The van der Waals surface area contributed by atoms with Crippen molar-refractivity contribution in [2.24, 2.45) is 5.84 Å². The van der Waals surface area contributed by atoms with E-state index >= 15 is 0 Å². The number of nitrogens with two attached hydrogens (primary N) is 1. The van der Waals surface area contributed by atoms with E-state index in [1.807, 2.05) is 18.2 Å². The summed E-state index contributed by atoms with van der Waals surface area (Å²) in [5.41, 5.74) is 3.30. The molecule has 1 heterocycles. The van der Waals surface area contributed by atoms with Crippen LogP contribution in [0, 0.1) is 0 Å². The van der Waals surface area contributed by atoms with E-state index in [0.717, 1.165) is 36.3 Å². The molecule has 1 aromatic carbocycles. The van der Waals surface area contributed by atoms with Gasteiger partial charge in [0.05, 0.1) is 0 Å². The maximum Gasteiger partial charge on any atom is 0.233 e. The molecule has 0 unspecified atom stereocenters. The Morgan fingerprint density at radius 1 is 1.26 bits per heavy atom. The molecule has 0 atom stereocenters. The minimum Gasteiger partial charge on any atom is -0.347 e. The lowest BCUT2D eigenvalue weighted by atomic mass is 10.2. The molecule has 4 nitrogen and oxygen atoms in total. The van der Waals surface area contributed by atoms with E-state index in [4.69, 9.17) is 17.4 Å². The Morgan fingerprint density at radius 3 is 2.89 bits per heavy atom. The second-order valence-corrected chi connectivity index (χ2v) is 5.03. The second kappa shape index (κ2) is 6.59. The van der Waals surface area contributed by atoms with E-state index in [1.54, 1.807) is 0 Å². The molecular weight excluding hydrogens is 262 g/mol. The molecule has 102 valence electrons. The fourth-order valence-corrected chi connectivity index (χ4v) is 2.34. The van der Waals surface area contributed by atoms with Crippen LogP contribution in [0.25, 0.3) is 10.9 Å². The number of aryl methyl sites for hydroxylation is 1. The summed E-state index contributed by atoms with van der Waals surface area (Å²) in [6.45, 7) is 0.939. The number of aromatic nitrogens is 1. The van der Waals surface area contributed by atoms with Crippen LogP contribution in [0.5, 0.6) is 0 Å². The zero-order chi connectivity index (χ0) is 13.7. The van der Waals surface area contributed by atoms with Gasteiger partial charge in [-0.05, 0) is 36.4 Å².